The first kappa shape index (κ1) is 10.9. The highest BCUT2D eigenvalue weighted by molar-refractivity contribution is 5.62. The van der Waals surface area contributed by atoms with Crippen LogP contribution < -0.4 is 5.73 Å². The SMILES string of the molecule is Cc1cc(F)ccc1-c1ccc(C(C)N)o1. The lowest BCUT2D eigenvalue weighted by Gasteiger charge is -2.03. The summed E-state index contributed by atoms with van der Waals surface area (Å²) < 4.78 is 18.6. The third kappa shape index (κ3) is 1.99. The number of hydrogen-bond donors (Lipinski definition) is 1. The Kier molecular flexibility index (Phi) is 2.79. The Morgan fingerprint density at radius 1 is 1.25 bits per heavy atom. The third-order valence-electron chi connectivity index (χ3n) is 2.53. The van der Waals surface area contributed by atoms with Gasteiger partial charge in [0.2, 0.25) is 0 Å². The van der Waals surface area contributed by atoms with Gasteiger partial charge in [0.25, 0.3) is 0 Å². The van der Waals surface area contributed by atoms with Crippen LogP contribution in [-0.4, -0.2) is 0 Å². The maximum atomic E-state index is 12.9. The molecule has 0 aliphatic heterocycles. The normalized spacial score (nSPS) is 12.8. The predicted molar refractivity (Wildman–Crippen MR) is 61.4 cm³/mol. The minimum atomic E-state index is -0.236. The lowest BCUT2D eigenvalue weighted by atomic mass is 10.1. The smallest absolute Gasteiger partial charge is 0.134 e. The molecule has 16 heavy (non-hydrogen) atoms. The molecular weight excluding hydrogens is 205 g/mol. The van der Waals surface area contributed by atoms with Gasteiger partial charge in [-0.1, -0.05) is 0 Å². The summed E-state index contributed by atoms with van der Waals surface area (Å²) in [6.45, 7) is 3.71. The van der Waals surface area contributed by atoms with E-state index in [0.29, 0.717) is 0 Å². The maximum Gasteiger partial charge on any atom is 0.134 e. The number of benzene rings is 1. The Balaban J connectivity index is 2.42. The molecule has 0 amide bonds. The molecule has 3 heteroatoms. The molecule has 0 saturated heterocycles. The monoisotopic (exact) mass is 219 g/mol. The molecule has 1 heterocycles. The van der Waals surface area contributed by atoms with Crippen molar-refractivity contribution in [2.75, 3.05) is 0 Å². The summed E-state index contributed by atoms with van der Waals surface area (Å²) in [6, 6.07) is 8.21. The van der Waals surface area contributed by atoms with E-state index in [0.717, 1.165) is 22.6 Å². The average molecular weight is 219 g/mol. The molecule has 2 nitrogen and oxygen atoms in total. The van der Waals surface area contributed by atoms with Crippen molar-refractivity contribution in [3.05, 3.63) is 47.5 Å². The van der Waals surface area contributed by atoms with Crippen molar-refractivity contribution >= 4 is 0 Å². The van der Waals surface area contributed by atoms with E-state index in [9.17, 15) is 4.39 Å². The van der Waals surface area contributed by atoms with Crippen molar-refractivity contribution in [1.29, 1.82) is 0 Å². The number of halogens is 1. The fourth-order valence-corrected chi connectivity index (χ4v) is 1.65. The van der Waals surface area contributed by atoms with Gasteiger partial charge in [0, 0.05) is 5.56 Å². The number of nitrogens with two attached hydrogens (primary N) is 1. The highest BCUT2D eigenvalue weighted by atomic mass is 19.1. The highest BCUT2D eigenvalue weighted by Crippen LogP contribution is 2.27. The first-order chi connectivity index (χ1) is 7.58. The van der Waals surface area contributed by atoms with Crippen molar-refractivity contribution in [2.45, 2.75) is 19.9 Å². The predicted octanol–water partition coefficient (Wildman–Crippen LogP) is 3.41. The van der Waals surface area contributed by atoms with Gasteiger partial charge in [0.15, 0.2) is 0 Å². The first-order valence-electron chi connectivity index (χ1n) is 5.20. The Hall–Kier alpha value is -1.61. The molecule has 1 aromatic heterocycles. The van der Waals surface area contributed by atoms with Gasteiger partial charge in [0.1, 0.15) is 17.3 Å². The fourth-order valence-electron chi connectivity index (χ4n) is 1.65. The van der Waals surface area contributed by atoms with Crippen LogP contribution in [0.1, 0.15) is 24.3 Å². The third-order valence-corrected chi connectivity index (χ3v) is 2.53. The van der Waals surface area contributed by atoms with E-state index in [4.69, 9.17) is 10.2 Å². The van der Waals surface area contributed by atoms with Crippen LogP contribution in [0.25, 0.3) is 11.3 Å². The minimum Gasteiger partial charge on any atom is -0.459 e. The maximum absolute atomic E-state index is 12.9. The molecule has 1 unspecified atom stereocenters. The molecule has 84 valence electrons. The molecule has 0 fully saturated rings. The second-order valence-electron chi connectivity index (χ2n) is 3.95. The lowest BCUT2D eigenvalue weighted by Crippen LogP contribution is -2.02. The Labute approximate surface area is 93.9 Å². The Morgan fingerprint density at radius 3 is 2.56 bits per heavy atom. The summed E-state index contributed by atoms with van der Waals surface area (Å²) in [6.07, 6.45) is 0. The first-order valence-corrected chi connectivity index (χ1v) is 5.20. The summed E-state index contributed by atoms with van der Waals surface area (Å²) in [7, 11) is 0. The van der Waals surface area contributed by atoms with Crippen LogP contribution in [0.2, 0.25) is 0 Å². The molecule has 1 atom stereocenters. The van der Waals surface area contributed by atoms with E-state index in [1.165, 1.54) is 12.1 Å². The summed E-state index contributed by atoms with van der Waals surface area (Å²) in [5.41, 5.74) is 7.46. The van der Waals surface area contributed by atoms with E-state index < -0.39 is 0 Å². The molecule has 0 saturated carbocycles. The number of furan rings is 1. The zero-order chi connectivity index (χ0) is 11.7. The number of aryl methyl sites for hydroxylation is 1. The van der Waals surface area contributed by atoms with Gasteiger partial charge in [-0.25, -0.2) is 4.39 Å². The van der Waals surface area contributed by atoms with Crippen molar-refractivity contribution in [2.24, 2.45) is 5.73 Å². The van der Waals surface area contributed by atoms with Crippen LogP contribution in [0.4, 0.5) is 4.39 Å². The molecule has 1 aromatic carbocycles. The van der Waals surface area contributed by atoms with Gasteiger partial charge in [-0.3, -0.25) is 0 Å². The van der Waals surface area contributed by atoms with Crippen LogP contribution in [0.15, 0.2) is 34.7 Å². The molecule has 0 aliphatic carbocycles. The molecule has 2 aromatic rings. The van der Waals surface area contributed by atoms with Crippen LogP contribution in [0, 0.1) is 12.7 Å². The van der Waals surface area contributed by atoms with Crippen LogP contribution in [0.5, 0.6) is 0 Å². The summed E-state index contributed by atoms with van der Waals surface area (Å²) >= 11 is 0. The van der Waals surface area contributed by atoms with Gasteiger partial charge >= 0.3 is 0 Å². The van der Waals surface area contributed by atoms with E-state index in [-0.39, 0.29) is 11.9 Å². The van der Waals surface area contributed by atoms with Gasteiger partial charge in [-0.2, -0.15) is 0 Å². The van der Waals surface area contributed by atoms with Crippen LogP contribution >= 0.6 is 0 Å². The average Bonchev–Trinajstić information content (AvgIpc) is 2.66. The fraction of sp³-hybridized carbons (Fsp3) is 0.231. The molecule has 2 rings (SSSR count). The van der Waals surface area contributed by atoms with Gasteiger partial charge in [0.05, 0.1) is 6.04 Å². The summed E-state index contributed by atoms with van der Waals surface area (Å²) in [4.78, 5) is 0. The Bertz CT molecular complexity index is 502. The number of hydrogen-bond acceptors (Lipinski definition) is 2. The van der Waals surface area contributed by atoms with Crippen molar-refractivity contribution < 1.29 is 8.81 Å². The lowest BCUT2D eigenvalue weighted by molar-refractivity contribution is 0.490. The standard InChI is InChI=1S/C13H14FNO/c1-8-7-10(14)3-4-11(8)13-6-5-12(16-13)9(2)15/h3-7,9H,15H2,1-2H3. The topological polar surface area (TPSA) is 39.2 Å². The van der Waals surface area contributed by atoms with Gasteiger partial charge < -0.3 is 10.2 Å². The van der Waals surface area contributed by atoms with E-state index in [1.807, 2.05) is 26.0 Å². The largest absolute Gasteiger partial charge is 0.459 e. The molecule has 0 spiro atoms. The molecular formula is C13H14FNO. The number of rotatable bonds is 2. The van der Waals surface area contributed by atoms with Crippen molar-refractivity contribution in [1.82, 2.24) is 0 Å². The highest BCUT2D eigenvalue weighted by Gasteiger charge is 2.10. The van der Waals surface area contributed by atoms with Crippen LogP contribution in [-0.2, 0) is 0 Å². The quantitative estimate of drug-likeness (QED) is 0.840. The minimum absolute atomic E-state index is 0.130. The van der Waals surface area contributed by atoms with Crippen molar-refractivity contribution in [3.8, 4) is 11.3 Å². The summed E-state index contributed by atoms with van der Waals surface area (Å²) in [5, 5.41) is 0. The van der Waals surface area contributed by atoms with E-state index >= 15 is 0 Å². The molecule has 0 radical (unpaired) electrons. The molecule has 2 N–H and O–H groups in total. The van der Waals surface area contributed by atoms with E-state index in [2.05, 4.69) is 0 Å². The molecule has 0 bridgehead atoms. The van der Waals surface area contributed by atoms with Gasteiger partial charge in [-0.05, 0) is 49.7 Å². The molecule has 0 aliphatic rings. The van der Waals surface area contributed by atoms with Crippen LogP contribution in [0.3, 0.4) is 0 Å². The Morgan fingerprint density at radius 2 is 2.00 bits per heavy atom. The second-order valence-corrected chi connectivity index (χ2v) is 3.95. The zero-order valence-electron chi connectivity index (χ0n) is 9.33. The van der Waals surface area contributed by atoms with E-state index in [1.54, 1.807) is 6.07 Å². The zero-order valence-corrected chi connectivity index (χ0v) is 9.33. The van der Waals surface area contributed by atoms with Gasteiger partial charge in [-0.15, -0.1) is 0 Å². The van der Waals surface area contributed by atoms with Crippen molar-refractivity contribution in [3.63, 3.8) is 0 Å². The second kappa shape index (κ2) is 4.10. The summed E-state index contributed by atoms with van der Waals surface area (Å²) in [5.74, 6) is 1.23.